The number of nitrogens with zero attached hydrogens (tertiary/aromatic N) is 2. The van der Waals surface area contributed by atoms with Gasteiger partial charge in [-0.1, -0.05) is 0 Å². The van der Waals surface area contributed by atoms with Crippen molar-refractivity contribution in [2.45, 2.75) is 6.04 Å². The average Bonchev–Trinajstić information content (AvgIpc) is 2.47. The van der Waals surface area contributed by atoms with Crippen LogP contribution in [-0.2, 0) is 11.8 Å². The topological polar surface area (TPSA) is 65.1 Å². The number of aromatic nitrogens is 2. The third-order valence-electron chi connectivity index (χ3n) is 1.62. The minimum absolute atomic E-state index is 0.0313. The molecule has 1 aromatic heterocycles. The van der Waals surface area contributed by atoms with E-state index in [1.165, 1.54) is 0 Å². The SMILES string of the molecule is COCC(NN)c1cn(C)cn1. The molecule has 0 aliphatic carbocycles. The van der Waals surface area contributed by atoms with Gasteiger partial charge >= 0.3 is 0 Å². The highest BCUT2D eigenvalue weighted by Crippen LogP contribution is 2.07. The number of hydrogen-bond donors (Lipinski definition) is 2. The van der Waals surface area contributed by atoms with Gasteiger partial charge in [0.15, 0.2) is 0 Å². The minimum Gasteiger partial charge on any atom is -0.383 e. The van der Waals surface area contributed by atoms with Crippen LogP contribution in [0.15, 0.2) is 12.5 Å². The van der Waals surface area contributed by atoms with Crippen LogP contribution in [0.25, 0.3) is 0 Å². The van der Waals surface area contributed by atoms with Crippen LogP contribution < -0.4 is 11.3 Å². The average molecular weight is 170 g/mol. The van der Waals surface area contributed by atoms with Crippen molar-refractivity contribution in [3.63, 3.8) is 0 Å². The second-order valence-corrected chi connectivity index (χ2v) is 2.64. The monoisotopic (exact) mass is 170 g/mol. The Morgan fingerprint density at radius 3 is 3.00 bits per heavy atom. The van der Waals surface area contributed by atoms with Crippen molar-refractivity contribution >= 4 is 0 Å². The molecule has 3 N–H and O–H groups in total. The van der Waals surface area contributed by atoms with E-state index in [0.29, 0.717) is 6.61 Å². The predicted octanol–water partition coefficient (Wildman–Crippen LogP) is -0.429. The first kappa shape index (κ1) is 9.18. The Bertz CT molecular complexity index is 235. The number of hydrogen-bond acceptors (Lipinski definition) is 4. The number of methoxy groups -OCH3 is 1. The lowest BCUT2D eigenvalue weighted by Crippen LogP contribution is -2.31. The van der Waals surface area contributed by atoms with Crippen LogP contribution in [0.2, 0.25) is 0 Å². The van der Waals surface area contributed by atoms with E-state index in [-0.39, 0.29) is 6.04 Å². The molecule has 0 radical (unpaired) electrons. The van der Waals surface area contributed by atoms with Gasteiger partial charge in [0, 0.05) is 20.4 Å². The highest BCUT2D eigenvalue weighted by atomic mass is 16.5. The highest BCUT2D eigenvalue weighted by molar-refractivity contribution is 5.02. The number of nitrogens with two attached hydrogens (primary N) is 1. The zero-order valence-corrected chi connectivity index (χ0v) is 7.32. The molecule has 1 aromatic rings. The van der Waals surface area contributed by atoms with Gasteiger partial charge in [-0.15, -0.1) is 0 Å². The fraction of sp³-hybridized carbons (Fsp3) is 0.571. The Morgan fingerprint density at radius 1 is 1.83 bits per heavy atom. The van der Waals surface area contributed by atoms with E-state index >= 15 is 0 Å². The maximum atomic E-state index is 5.32. The first-order valence-corrected chi connectivity index (χ1v) is 3.71. The lowest BCUT2D eigenvalue weighted by atomic mass is 10.2. The summed E-state index contributed by atoms with van der Waals surface area (Å²) in [5, 5.41) is 0. The molecule has 0 aliphatic heterocycles. The zero-order chi connectivity index (χ0) is 8.97. The fourth-order valence-corrected chi connectivity index (χ4v) is 0.999. The Labute approximate surface area is 71.5 Å². The summed E-state index contributed by atoms with van der Waals surface area (Å²) in [6, 6.07) is -0.0313. The van der Waals surface area contributed by atoms with Crippen LogP contribution in [0.3, 0.4) is 0 Å². The first-order chi connectivity index (χ1) is 5.77. The molecule has 0 saturated heterocycles. The maximum absolute atomic E-state index is 5.32. The first-order valence-electron chi connectivity index (χ1n) is 3.71. The number of nitrogens with one attached hydrogen (secondary N) is 1. The summed E-state index contributed by atoms with van der Waals surface area (Å²) in [5.74, 6) is 5.32. The Hall–Kier alpha value is -0.910. The van der Waals surface area contributed by atoms with Crippen molar-refractivity contribution in [1.82, 2.24) is 15.0 Å². The van der Waals surface area contributed by atoms with Crippen molar-refractivity contribution in [3.05, 3.63) is 18.2 Å². The van der Waals surface area contributed by atoms with Crippen LogP contribution in [0.4, 0.5) is 0 Å². The lowest BCUT2D eigenvalue weighted by molar-refractivity contribution is 0.166. The zero-order valence-electron chi connectivity index (χ0n) is 7.32. The molecular formula is C7H14N4O. The number of hydrazine groups is 1. The number of ether oxygens (including phenoxy) is 1. The van der Waals surface area contributed by atoms with E-state index in [1.54, 1.807) is 13.4 Å². The van der Waals surface area contributed by atoms with Crippen molar-refractivity contribution in [2.75, 3.05) is 13.7 Å². The molecule has 5 heteroatoms. The quantitative estimate of drug-likeness (QED) is 0.475. The van der Waals surface area contributed by atoms with Crippen LogP contribution in [0, 0.1) is 0 Å². The van der Waals surface area contributed by atoms with E-state index < -0.39 is 0 Å². The number of rotatable bonds is 4. The summed E-state index contributed by atoms with van der Waals surface area (Å²) < 4.78 is 6.84. The summed E-state index contributed by atoms with van der Waals surface area (Å²) in [6.07, 6.45) is 3.64. The van der Waals surface area contributed by atoms with Gasteiger partial charge in [-0.2, -0.15) is 0 Å². The van der Waals surface area contributed by atoms with Crippen molar-refractivity contribution in [3.8, 4) is 0 Å². The molecule has 0 amide bonds. The molecule has 0 aromatic carbocycles. The Balaban J connectivity index is 2.66. The molecule has 0 fully saturated rings. The standard InChI is InChI=1S/C7H14N4O/c1-11-3-6(9-5-11)7(10-8)4-12-2/h3,5,7,10H,4,8H2,1-2H3. The summed E-state index contributed by atoms with van der Waals surface area (Å²) in [5.41, 5.74) is 3.52. The van der Waals surface area contributed by atoms with Gasteiger partial charge in [-0.05, 0) is 0 Å². The molecule has 5 nitrogen and oxygen atoms in total. The molecule has 0 spiro atoms. The largest absolute Gasteiger partial charge is 0.383 e. The van der Waals surface area contributed by atoms with Gasteiger partial charge < -0.3 is 9.30 Å². The van der Waals surface area contributed by atoms with Crippen LogP contribution >= 0.6 is 0 Å². The van der Waals surface area contributed by atoms with Crippen molar-refractivity contribution < 1.29 is 4.74 Å². The van der Waals surface area contributed by atoms with Gasteiger partial charge in [0.2, 0.25) is 0 Å². The molecule has 68 valence electrons. The second kappa shape index (κ2) is 4.20. The van der Waals surface area contributed by atoms with Gasteiger partial charge in [0.1, 0.15) is 0 Å². The van der Waals surface area contributed by atoms with E-state index in [0.717, 1.165) is 5.69 Å². The second-order valence-electron chi connectivity index (χ2n) is 2.64. The van der Waals surface area contributed by atoms with Gasteiger partial charge in [0.25, 0.3) is 0 Å². The van der Waals surface area contributed by atoms with Crippen molar-refractivity contribution in [2.24, 2.45) is 12.9 Å². The Kier molecular flexibility index (Phi) is 3.21. The molecule has 1 unspecified atom stereocenters. The van der Waals surface area contributed by atoms with E-state index in [1.807, 2.05) is 17.8 Å². The van der Waals surface area contributed by atoms with Gasteiger partial charge in [0.05, 0.1) is 24.7 Å². The molecule has 0 bridgehead atoms. The predicted molar refractivity (Wildman–Crippen MR) is 45.1 cm³/mol. The summed E-state index contributed by atoms with van der Waals surface area (Å²) >= 11 is 0. The molecule has 1 rings (SSSR count). The van der Waals surface area contributed by atoms with Gasteiger partial charge in [-0.25, -0.2) is 10.4 Å². The fourth-order valence-electron chi connectivity index (χ4n) is 0.999. The van der Waals surface area contributed by atoms with Crippen LogP contribution in [0.5, 0.6) is 0 Å². The molecule has 1 atom stereocenters. The van der Waals surface area contributed by atoms with E-state index in [9.17, 15) is 0 Å². The maximum Gasteiger partial charge on any atom is 0.0947 e. The summed E-state index contributed by atoms with van der Waals surface area (Å²) in [4.78, 5) is 4.15. The minimum atomic E-state index is -0.0313. The summed E-state index contributed by atoms with van der Waals surface area (Å²) in [7, 11) is 3.55. The number of imidazole rings is 1. The highest BCUT2D eigenvalue weighted by Gasteiger charge is 2.10. The third-order valence-corrected chi connectivity index (χ3v) is 1.62. The molecule has 0 aliphatic rings. The van der Waals surface area contributed by atoms with E-state index in [2.05, 4.69) is 10.4 Å². The molecule has 0 saturated carbocycles. The molecular weight excluding hydrogens is 156 g/mol. The smallest absolute Gasteiger partial charge is 0.0947 e. The van der Waals surface area contributed by atoms with Crippen molar-refractivity contribution in [1.29, 1.82) is 0 Å². The number of aryl methyl sites for hydroxylation is 1. The Morgan fingerprint density at radius 2 is 2.58 bits per heavy atom. The summed E-state index contributed by atoms with van der Waals surface area (Å²) in [6.45, 7) is 0.521. The lowest BCUT2D eigenvalue weighted by Gasteiger charge is -2.11. The van der Waals surface area contributed by atoms with Gasteiger partial charge in [-0.3, -0.25) is 5.84 Å². The van der Waals surface area contributed by atoms with Crippen LogP contribution in [0.1, 0.15) is 11.7 Å². The van der Waals surface area contributed by atoms with Crippen LogP contribution in [-0.4, -0.2) is 23.3 Å². The molecule has 1 heterocycles. The third kappa shape index (κ3) is 2.04. The molecule has 12 heavy (non-hydrogen) atoms. The van der Waals surface area contributed by atoms with E-state index in [4.69, 9.17) is 10.6 Å². The normalized spacial score (nSPS) is 13.2.